The van der Waals surface area contributed by atoms with E-state index in [0.29, 0.717) is 59.2 Å². The standard InChI is InChI=1S/C25H29F3N4O4/c1-13(15-8-16(25(26,27)28)10-17(29)9-15)21-22-19(31-14(2)32-24(22)30)11-20(33-3)23(21)36-7-6-35-18-4-5-34-12-18/h8-11,13,18H,4-7,12,29H2,1-3H3,(H2,30,31,32)/t13-,18?/m1/s1. The Morgan fingerprint density at radius 2 is 1.92 bits per heavy atom. The summed E-state index contributed by atoms with van der Waals surface area (Å²) in [5.74, 6) is 0.709. The van der Waals surface area contributed by atoms with Crippen molar-refractivity contribution < 1.29 is 32.1 Å². The van der Waals surface area contributed by atoms with Gasteiger partial charge in [0.2, 0.25) is 0 Å². The van der Waals surface area contributed by atoms with Crippen molar-refractivity contribution in [3.8, 4) is 11.5 Å². The van der Waals surface area contributed by atoms with E-state index >= 15 is 0 Å². The number of nitrogen functional groups attached to an aromatic ring is 2. The number of rotatable bonds is 8. The average Bonchev–Trinajstić information content (AvgIpc) is 3.33. The second kappa shape index (κ2) is 10.4. The summed E-state index contributed by atoms with van der Waals surface area (Å²) in [5.41, 5.74) is 12.6. The van der Waals surface area contributed by atoms with Crippen LogP contribution >= 0.6 is 0 Å². The summed E-state index contributed by atoms with van der Waals surface area (Å²) in [4.78, 5) is 8.76. The first-order valence-corrected chi connectivity index (χ1v) is 11.5. The number of fused-ring (bicyclic) bond motifs is 1. The molecule has 1 unspecified atom stereocenters. The first-order chi connectivity index (χ1) is 17.1. The van der Waals surface area contributed by atoms with E-state index in [1.165, 1.54) is 13.2 Å². The molecule has 1 aliphatic heterocycles. The first-order valence-electron chi connectivity index (χ1n) is 11.5. The van der Waals surface area contributed by atoms with Gasteiger partial charge in [-0.1, -0.05) is 6.92 Å². The summed E-state index contributed by atoms with van der Waals surface area (Å²) in [6.07, 6.45) is -3.74. The van der Waals surface area contributed by atoms with Crippen LogP contribution in [0.25, 0.3) is 10.9 Å². The van der Waals surface area contributed by atoms with Crippen LogP contribution in [0.15, 0.2) is 24.3 Å². The van der Waals surface area contributed by atoms with Gasteiger partial charge >= 0.3 is 6.18 Å². The van der Waals surface area contributed by atoms with Gasteiger partial charge in [-0.15, -0.1) is 0 Å². The van der Waals surface area contributed by atoms with Gasteiger partial charge in [-0.2, -0.15) is 13.2 Å². The fraction of sp³-hybridized carbons (Fsp3) is 0.440. The number of benzene rings is 2. The van der Waals surface area contributed by atoms with Gasteiger partial charge in [-0.05, 0) is 37.1 Å². The molecule has 1 fully saturated rings. The topological polar surface area (TPSA) is 115 Å². The van der Waals surface area contributed by atoms with Gasteiger partial charge in [0.1, 0.15) is 18.2 Å². The van der Waals surface area contributed by atoms with Crippen molar-refractivity contribution in [1.29, 1.82) is 0 Å². The van der Waals surface area contributed by atoms with Crippen molar-refractivity contribution in [1.82, 2.24) is 9.97 Å². The van der Waals surface area contributed by atoms with Crippen LogP contribution in [0.5, 0.6) is 11.5 Å². The maximum absolute atomic E-state index is 13.5. The molecular formula is C25H29F3N4O4. The van der Waals surface area contributed by atoms with E-state index in [9.17, 15) is 13.2 Å². The Bertz CT molecular complexity index is 1250. The number of aromatic nitrogens is 2. The fourth-order valence-electron chi connectivity index (χ4n) is 4.41. The van der Waals surface area contributed by atoms with Crippen LogP contribution in [-0.2, 0) is 15.7 Å². The van der Waals surface area contributed by atoms with E-state index in [1.807, 2.05) is 0 Å². The highest BCUT2D eigenvalue weighted by atomic mass is 19.4. The van der Waals surface area contributed by atoms with Gasteiger partial charge in [0.15, 0.2) is 11.5 Å². The number of hydrogen-bond donors (Lipinski definition) is 2. The molecule has 0 spiro atoms. The Morgan fingerprint density at radius 1 is 1.14 bits per heavy atom. The summed E-state index contributed by atoms with van der Waals surface area (Å²) >= 11 is 0. The Balaban J connectivity index is 1.81. The number of methoxy groups -OCH3 is 1. The van der Waals surface area contributed by atoms with Crippen molar-refractivity contribution in [2.24, 2.45) is 0 Å². The molecule has 8 nitrogen and oxygen atoms in total. The van der Waals surface area contributed by atoms with Crippen LogP contribution < -0.4 is 20.9 Å². The molecule has 0 amide bonds. The van der Waals surface area contributed by atoms with Crippen LogP contribution in [0.2, 0.25) is 0 Å². The zero-order chi connectivity index (χ0) is 26.0. The quantitative estimate of drug-likeness (QED) is 0.340. The molecule has 194 valence electrons. The lowest BCUT2D eigenvalue weighted by atomic mass is 9.88. The zero-order valence-electron chi connectivity index (χ0n) is 20.3. The Kier molecular flexibility index (Phi) is 7.41. The Hall–Kier alpha value is -3.31. The highest BCUT2D eigenvalue weighted by molar-refractivity contribution is 5.95. The van der Waals surface area contributed by atoms with Gasteiger partial charge < -0.3 is 30.4 Å². The minimum absolute atomic E-state index is 0.00518. The lowest BCUT2D eigenvalue weighted by Crippen LogP contribution is -2.18. The maximum atomic E-state index is 13.5. The van der Waals surface area contributed by atoms with E-state index in [0.717, 1.165) is 18.6 Å². The largest absolute Gasteiger partial charge is 0.493 e. The second-order valence-electron chi connectivity index (χ2n) is 8.68. The third kappa shape index (κ3) is 5.41. The van der Waals surface area contributed by atoms with Gasteiger partial charge in [0, 0.05) is 29.8 Å². The van der Waals surface area contributed by atoms with Crippen LogP contribution in [0.4, 0.5) is 24.7 Å². The molecule has 0 bridgehead atoms. The highest BCUT2D eigenvalue weighted by Gasteiger charge is 2.32. The Morgan fingerprint density at radius 3 is 2.58 bits per heavy atom. The van der Waals surface area contributed by atoms with Gasteiger partial charge in [0.05, 0.1) is 42.9 Å². The first kappa shape index (κ1) is 25.8. The maximum Gasteiger partial charge on any atom is 0.416 e. The molecule has 1 saturated heterocycles. The normalized spacial score (nSPS) is 16.9. The summed E-state index contributed by atoms with van der Waals surface area (Å²) in [6.45, 7) is 5.11. The van der Waals surface area contributed by atoms with E-state index in [2.05, 4.69) is 9.97 Å². The van der Waals surface area contributed by atoms with E-state index in [1.54, 1.807) is 19.9 Å². The number of anilines is 2. The number of hydrogen-bond acceptors (Lipinski definition) is 8. The Labute approximate surface area is 206 Å². The van der Waals surface area contributed by atoms with Crippen molar-refractivity contribution in [2.45, 2.75) is 38.5 Å². The number of alkyl halides is 3. The van der Waals surface area contributed by atoms with Crippen molar-refractivity contribution in [2.75, 3.05) is 45.0 Å². The number of nitrogens with two attached hydrogens (primary N) is 2. The predicted octanol–water partition coefficient (Wildman–Crippen LogP) is 4.47. The SMILES string of the molecule is COc1cc2nc(C)nc(N)c2c([C@H](C)c2cc(N)cc(C(F)(F)F)c2)c1OCCOC1CCOC1. The van der Waals surface area contributed by atoms with E-state index < -0.39 is 17.7 Å². The van der Waals surface area contributed by atoms with E-state index in [4.69, 9.17) is 30.4 Å². The predicted molar refractivity (Wildman–Crippen MR) is 129 cm³/mol. The van der Waals surface area contributed by atoms with Gasteiger partial charge in [-0.3, -0.25) is 0 Å². The summed E-state index contributed by atoms with van der Waals surface area (Å²) in [6, 6.07) is 5.16. The molecule has 2 atom stereocenters. The molecule has 2 aromatic carbocycles. The molecule has 0 aliphatic carbocycles. The summed E-state index contributed by atoms with van der Waals surface area (Å²) < 4.78 is 63.5. The van der Waals surface area contributed by atoms with E-state index in [-0.39, 0.29) is 24.2 Å². The molecule has 4 rings (SSSR count). The second-order valence-corrected chi connectivity index (χ2v) is 8.68. The third-order valence-electron chi connectivity index (χ3n) is 6.11. The summed E-state index contributed by atoms with van der Waals surface area (Å²) in [7, 11) is 1.48. The molecule has 3 aromatic rings. The third-order valence-corrected chi connectivity index (χ3v) is 6.11. The van der Waals surface area contributed by atoms with Gasteiger partial charge in [0.25, 0.3) is 0 Å². The molecule has 2 heterocycles. The molecule has 0 radical (unpaired) electrons. The number of aryl methyl sites for hydroxylation is 1. The fourth-order valence-corrected chi connectivity index (χ4v) is 4.41. The van der Waals surface area contributed by atoms with Crippen LogP contribution in [0.1, 0.15) is 41.8 Å². The van der Waals surface area contributed by atoms with Crippen molar-refractivity contribution in [3.05, 3.63) is 46.8 Å². The number of nitrogens with zero attached hydrogens (tertiary/aromatic N) is 2. The van der Waals surface area contributed by atoms with Crippen LogP contribution in [0, 0.1) is 6.92 Å². The molecule has 1 aliphatic rings. The molecule has 0 saturated carbocycles. The van der Waals surface area contributed by atoms with Crippen LogP contribution in [-0.4, -0.2) is 49.6 Å². The molecule has 11 heteroatoms. The smallest absolute Gasteiger partial charge is 0.416 e. The minimum atomic E-state index is -4.56. The molecule has 4 N–H and O–H groups in total. The molecular weight excluding hydrogens is 477 g/mol. The number of ether oxygens (including phenoxy) is 4. The summed E-state index contributed by atoms with van der Waals surface area (Å²) in [5, 5.41) is 0.477. The lowest BCUT2D eigenvalue weighted by Gasteiger charge is -2.23. The molecule has 36 heavy (non-hydrogen) atoms. The van der Waals surface area contributed by atoms with Gasteiger partial charge in [-0.25, -0.2) is 9.97 Å². The zero-order valence-corrected chi connectivity index (χ0v) is 20.3. The van der Waals surface area contributed by atoms with Crippen LogP contribution in [0.3, 0.4) is 0 Å². The minimum Gasteiger partial charge on any atom is -0.493 e. The molecule has 1 aromatic heterocycles. The lowest BCUT2D eigenvalue weighted by molar-refractivity contribution is -0.137. The van der Waals surface area contributed by atoms with Crippen molar-refractivity contribution >= 4 is 22.4 Å². The number of halogens is 3. The average molecular weight is 507 g/mol. The van der Waals surface area contributed by atoms with Crippen molar-refractivity contribution in [3.63, 3.8) is 0 Å². The monoisotopic (exact) mass is 506 g/mol. The highest BCUT2D eigenvalue weighted by Crippen LogP contribution is 2.46.